The van der Waals surface area contributed by atoms with E-state index in [4.69, 9.17) is 4.18 Å². The summed E-state index contributed by atoms with van der Waals surface area (Å²) in [6, 6.07) is 10.9. The third kappa shape index (κ3) is 6.73. The van der Waals surface area contributed by atoms with Gasteiger partial charge < -0.3 is 14.4 Å². The lowest BCUT2D eigenvalue weighted by Gasteiger charge is -2.29. The van der Waals surface area contributed by atoms with Crippen LogP contribution in [0.15, 0.2) is 53.4 Å². The summed E-state index contributed by atoms with van der Waals surface area (Å²) in [6.07, 6.45) is 2.69. The lowest BCUT2D eigenvalue weighted by Crippen LogP contribution is -2.44. The Bertz CT molecular complexity index is 932. The Labute approximate surface area is 178 Å². The molecule has 2 aromatic carbocycles. The highest BCUT2D eigenvalue weighted by molar-refractivity contribution is 7.87. The maximum atomic E-state index is 13.1. The van der Waals surface area contributed by atoms with E-state index in [-0.39, 0.29) is 22.7 Å². The van der Waals surface area contributed by atoms with Gasteiger partial charge in [-0.3, -0.25) is 0 Å². The molecule has 6 nitrogen and oxygen atoms in total. The molecule has 0 aromatic heterocycles. The van der Waals surface area contributed by atoms with E-state index >= 15 is 0 Å². The minimum atomic E-state index is -4.09. The van der Waals surface area contributed by atoms with Crippen molar-refractivity contribution < 1.29 is 21.8 Å². The van der Waals surface area contributed by atoms with Crippen molar-refractivity contribution in [2.45, 2.75) is 57.5 Å². The van der Waals surface area contributed by atoms with Crippen LogP contribution in [0.4, 0.5) is 9.18 Å². The third-order valence-electron chi connectivity index (χ3n) is 4.75. The standard InChI is InChI=1S/C22H29FN2O4S/c1-4-6-14-24-22(26)25(17(3)5-2)16-18-8-7-9-20(15-18)29-30(27,28)21-12-10-19(23)11-13-21/h7-13,15,17H,4-6,14,16H2,1-3H3,(H,24,26). The molecule has 1 unspecified atom stereocenters. The van der Waals surface area contributed by atoms with Crippen molar-refractivity contribution in [2.24, 2.45) is 0 Å². The molecular formula is C22H29FN2O4S. The number of nitrogens with zero attached hydrogens (tertiary/aromatic N) is 1. The largest absolute Gasteiger partial charge is 0.379 e. The van der Waals surface area contributed by atoms with E-state index in [1.54, 1.807) is 17.0 Å². The molecule has 1 atom stereocenters. The first-order valence-electron chi connectivity index (χ1n) is 10.1. The number of hydrogen-bond donors (Lipinski definition) is 1. The summed E-state index contributed by atoms with van der Waals surface area (Å²) in [4.78, 5) is 14.2. The van der Waals surface area contributed by atoms with E-state index in [1.807, 2.05) is 19.9 Å². The fraction of sp³-hybridized carbons (Fsp3) is 0.409. The summed E-state index contributed by atoms with van der Waals surface area (Å²) >= 11 is 0. The Hall–Kier alpha value is -2.61. The van der Waals surface area contributed by atoms with E-state index in [0.29, 0.717) is 13.1 Å². The Morgan fingerprint density at radius 1 is 1.17 bits per heavy atom. The van der Waals surface area contributed by atoms with Gasteiger partial charge in [0.1, 0.15) is 16.5 Å². The average molecular weight is 437 g/mol. The van der Waals surface area contributed by atoms with Crippen LogP contribution in [-0.4, -0.2) is 31.9 Å². The third-order valence-corrected chi connectivity index (χ3v) is 6.01. The van der Waals surface area contributed by atoms with Gasteiger partial charge in [0.15, 0.2) is 0 Å². The van der Waals surface area contributed by atoms with Crippen molar-refractivity contribution in [1.29, 1.82) is 0 Å². The van der Waals surface area contributed by atoms with Crippen molar-refractivity contribution in [1.82, 2.24) is 10.2 Å². The number of carbonyl (C=O) groups excluding carboxylic acids is 1. The second-order valence-electron chi connectivity index (χ2n) is 7.11. The molecular weight excluding hydrogens is 407 g/mol. The van der Waals surface area contributed by atoms with Crippen molar-refractivity contribution in [3.8, 4) is 5.75 Å². The number of halogens is 1. The highest BCUT2D eigenvalue weighted by Crippen LogP contribution is 2.21. The number of carbonyl (C=O) groups is 1. The maximum absolute atomic E-state index is 13.1. The van der Waals surface area contributed by atoms with Gasteiger partial charge in [-0.05, 0) is 61.7 Å². The normalized spacial score (nSPS) is 12.3. The van der Waals surface area contributed by atoms with Gasteiger partial charge in [-0.1, -0.05) is 32.4 Å². The van der Waals surface area contributed by atoms with Gasteiger partial charge in [-0.25, -0.2) is 9.18 Å². The lowest BCUT2D eigenvalue weighted by molar-refractivity contribution is 0.173. The number of unbranched alkanes of at least 4 members (excludes halogenated alkanes) is 1. The van der Waals surface area contributed by atoms with Gasteiger partial charge in [0, 0.05) is 19.1 Å². The van der Waals surface area contributed by atoms with E-state index in [2.05, 4.69) is 12.2 Å². The number of rotatable bonds is 10. The molecule has 30 heavy (non-hydrogen) atoms. The molecule has 0 aliphatic carbocycles. The molecule has 0 aliphatic heterocycles. The van der Waals surface area contributed by atoms with E-state index in [1.165, 1.54) is 6.07 Å². The first kappa shape index (κ1) is 23.7. The Kier molecular flexibility index (Phi) is 8.65. The lowest BCUT2D eigenvalue weighted by atomic mass is 10.1. The highest BCUT2D eigenvalue weighted by atomic mass is 32.2. The van der Waals surface area contributed by atoms with Crippen LogP contribution in [0.3, 0.4) is 0 Å². The van der Waals surface area contributed by atoms with Crippen LogP contribution in [0.25, 0.3) is 0 Å². The topological polar surface area (TPSA) is 75.7 Å². The highest BCUT2D eigenvalue weighted by Gasteiger charge is 2.20. The molecule has 1 N–H and O–H groups in total. The monoisotopic (exact) mass is 436 g/mol. The Balaban J connectivity index is 2.15. The summed E-state index contributed by atoms with van der Waals surface area (Å²) in [5.74, 6) is -0.398. The quantitative estimate of drug-likeness (QED) is 0.433. The van der Waals surface area contributed by atoms with Crippen LogP contribution in [0, 0.1) is 5.82 Å². The summed E-state index contributed by atoms with van der Waals surface area (Å²) in [5.41, 5.74) is 0.743. The summed E-state index contributed by atoms with van der Waals surface area (Å²) in [5, 5.41) is 2.93. The molecule has 0 heterocycles. The smallest absolute Gasteiger partial charge is 0.339 e. The number of benzene rings is 2. The van der Waals surface area contributed by atoms with Crippen molar-refractivity contribution in [2.75, 3.05) is 6.54 Å². The molecule has 0 saturated heterocycles. The predicted octanol–water partition coefficient (Wildman–Crippen LogP) is 4.70. The fourth-order valence-corrected chi connectivity index (χ4v) is 3.71. The van der Waals surface area contributed by atoms with Crippen LogP contribution in [0.2, 0.25) is 0 Å². The van der Waals surface area contributed by atoms with Gasteiger partial charge in [0.05, 0.1) is 0 Å². The molecule has 0 aliphatic rings. The first-order chi connectivity index (χ1) is 14.3. The average Bonchev–Trinajstić information content (AvgIpc) is 2.72. The molecule has 2 rings (SSSR count). The molecule has 0 radical (unpaired) electrons. The first-order valence-corrected chi connectivity index (χ1v) is 11.5. The van der Waals surface area contributed by atoms with Crippen LogP contribution >= 0.6 is 0 Å². The van der Waals surface area contributed by atoms with Crippen LogP contribution in [-0.2, 0) is 16.7 Å². The van der Waals surface area contributed by atoms with Crippen molar-refractivity contribution >= 4 is 16.1 Å². The summed E-state index contributed by atoms with van der Waals surface area (Å²) in [7, 11) is -4.09. The molecule has 164 valence electrons. The number of hydrogen-bond acceptors (Lipinski definition) is 4. The van der Waals surface area contributed by atoms with E-state index in [9.17, 15) is 17.6 Å². The number of urea groups is 1. The molecule has 0 saturated carbocycles. The van der Waals surface area contributed by atoms with Crippen molar-refractivity contribution in [3.05, 3.63) is 59.9 Å². The zero-order valence-electron chi connectivity index (χ0n) is 17.6. The van der Waals surface area contributed by atoms with Gasteiger partial charge in [-0.15, -0.1) is 0 Å². The van der Waals surface area contributed by atoms with Gasteiger partial charge in [0.25, 0.3) is 0 Å². The Morgan fingerprint density at radius 3 is 2.50 bits per heavy atom. The minimum Gasteiger partial charge on any atom is -0.379 e. The molecule has 0 bridgehead atoms. The van der Waals surface area contributed by atoms with Gasteiger partial charge in [-0.2, -0.15) is 8.42 Å². The second-order valence-corrected chi connectivity index (χ2v) is 8.66. The van der Waals surface area contributed by atoms with Crippen LogP contribution in [0.1, 0.15) is 45.6 Å². The fourth-order valence-electron chi connectivity index (χ4n) is 2.79. The molecule has 8 heteroatoms. The second kappa shape index (κ2) is 11.0. The molecule has 0 spiro atoms. The van der Waals surface area contributed by atoms with Gasteiger partial charge in [0.2, 0.25) is 0 Å². The van der Waals surface area contributed by atoms with Gasteiger partial charge >= 0.3 is 16.1 Å². The molecule has 2 aromatic rings. The van der Waals surface area contributed by atoms with Crippen LogP contribution in [0.5, 0.6) is 5.75 Å². The van der Waals surface area contributed by atoms with E-state index in [0.717, 1.165) is 49.1 Å². The van der Waals surface area contributed by atoms with E-state index < -0.39 is 15.9 Å². The summed E-state index contributed by atoms with van der Waals surface area (Å²) < 4.78 is 43.1. The van der Waals surface area contributed by atoms with Crippen LogP contribution < -0.4 is 9.50 Å². The maximum Gasteiger partial charge on any atom is 0.339 e. The SMILES string of the molecule is CCCCNC(=O)N(Cc1cccc(OS(=O)(=O)c2ccc(F)cc2)c1)C(C)CC. The minimum absolute atomic E-state index is 0.0131. The number of amides is 2. The van der Waals surface area contributed by atoms with Crippen molar-refractivity contribution in [3.63, 3.8) is 0 Å². The Morgan fingerprint density at radius 2 is 1.87 bits per heavy atom. The molecule has 0 fully saturated rings. The number of nitrogens with one attached hydrogen (secondary N) is 1. The zero-order chi connectivity index (χ0) is 22.1. The predicted molar refractivity (Wildman–Crippen MR) is 114 cm³/mol. The zero-order valence-corrected chi connectivity index (χ0v) is 18.4. The molecule has 2 amide bonds. The summed E-state index contributed by atoms with van der Waals surface area (Å²) in [6.45, 7) is 6.97.